The largest absolute Gasteiger partial charge is 0.456 e. The van der Waals surface area contributed by atoms with Crippen molar-refractivity contribution in [3.05, 3.63) is 110 Å². The van der Waals surface area contributed by atoms with E-state index in [0.717, 1.165) is 16.7 Å². The molecule has 6 nitrogen and oxygen atoms in total. The predicted octanol–water partition coefficient (Wildman–Crippen LogP) is 6.03. The summed E-state index contributed by atoms with van der Waals surface area (Å²) in [7, 11) is 0. The van der Waals surface area contributed by atoms with E-state index in [-0.39, 0.29) is 22.7 Å². The van der Waals surface area contributed by atoms with E-state index in [1.165, 1.54) is 6.07 Å². The zero-order valence-corrected chi connectivity index (χ0v) is 19.6. The molecule has 0 radical (unpaired) electrons. The summed E-state index contributed by atoms with van der Waals surface area (Å²) in [5.74, 6) is -0.505. The Hall–Kier alpha value is -3.94. The van der Waals surface area contributed by atoms with Crippen molar-refractivity contribution in [2.75, 3.05) is 6.54 Å². The molecule has 4 aromatic rings. The number of para-hydroxylation sites is 1. The zero-order chi connectivity index (χ0) is 24.5. The molecule has 8 heteroatoms. The number of imide groups is 1. The average molecular weight is 502 g/mol. The van der Waals surface area contributed by atoms with E-state index in [1.54, 1.807) is 78.9 Å². The molecule has 0 bridgehead atoms. The lowest BCUT2D eigenvalue weighted by atomic mass is 10.1. The second kappa shape index (κ2) is 9.37. The van der Waals surface area contributed by atoms with Gasteiger partial charge in [-0.3, -0.25) is 24.1 Å². The van der Waals surface area contributed by atoms with Crippen molar-refractivity contribution in [2.24, 2.45) is 0 Å². The lowest BCUT2D eigenvalue weighted by molar-refractivity contribution is -0.122. The van der Waals surface area contributed by atoms with Crippen molar-refractivity contribution < 1.29 is 18.8 Å². The fraction of sp³-hybridized carbons (Fsp3) is 0.0370. The summed E-state index contributed by atoms with van der Waals surface area (Å²) in [6.07, 6.45) is 1.58. The number of benzene rings is 3. The van der Waals surface area contributed by atoms with E-state index in [0.29, 0.717) is 38.4 Å². The number of carbonyl (C=O) groups excluding carboxylic acids is 3. The Bertz CT molecular complexity index is 1590. The molecule has 0 saturated carbocycles. The Morgan fingerprint density at radius 3 is 2.51 bits per heavy atom. The van der Waals surface area contributed by atoms with Gasteiger partial charge >= 0.3 is 0 Å². The lowest BCUT2D eigenvalue weighted by Gasteiger charge is -2.11. The fourth-order valence-electron chi connectivity index (χ4n) is 3.69. The van der Waals surface area contributed by atoms with Crippen LogP contribution < -0.4 is 5.43 Å². The molecule has 2 heterocycles. The SMILES string of the molecule is O=C(CN1C(=O)S/C(=C\c2cccc(-c3cc(=O)c4ccccc4o3)c2)C1=O)c1ccc(Cl)cc1. The Morgan fingerprint density at radius 2 is 1.71 bits per heavy atom. The third-order valence-corrected chi connectivity index (χ3v) is 6.60. The number of fused-ring (bicyclic) bond motifs is 1. The molecule has 0 spiro atoms. The summed E-state index contributed by atoms with van der Waals surface area (Å²) < 4.78 is 5.90. The van der Waals surface area contributed by atoms with Gasteiger partial charge in [-0.1, -0.05) is 41.9 Å². The summed E-state index contributed by atoms with van der Waals surface area (Å²) in [6.45, 7) is -0.355. The van der Waals surface area contributed by atoms with Gasteiger partial charge in [-0.05, 0) is 65.9 Å². The van der Waals surface area contributed by atoms with Crippen LogP contribution in [0.25, 0.3) is 28.4 Å². The highest BCUT2D eigenvalue weighted by Gasteiger charge is 2.36. The number of nitrogens with zero attached hydrogens (tertiary/aromatic N) is 1. The van der Waals surface area contributed by atoms with Crippen LogP contribution in [-0.4, -0.2) is 28.4 Å². The maximum atomic E-state index is 12.9. The van der Waals surface area contributed by atoms with Gasteiger partial charge in [-0.15, -0.1) is 0 Å². The van der Waals surface area contributed by atoms with Crippen LogP contribution in [0.4, 0.5) is 4.79 Å². The van der Waals surface area contributed by atoms with Crippen molar-refractivity contribution in [1.29, 1.82) is 0 Å². The number of hydrogen-bond acceptors (Lipinski definition) is 6. The number of ketones is 1. The Balaban J connectivity index is 1.39. The van der Waals surface area contributed by atoms with Crippen LogP contribution in [0.15, 0.2) is 93.0 Å². The highest BCUT2D eigenvalue weighted by Crippen LogP contribution is 2.33. The zero-order valence-electron chi connectivity index (χ0n) is 18.1. The van der Waals surface area contributed by atoms with Gasteiger partial charge < -0.3 is 4.42 Å². The molecule has 0 unspecified atom stereocenters. The molecular formula is C27H16ClNO5S. The van der Waals surface area contributed by atoms with Crippen LogP contribution in [0.3, 0.4) is 0 Å². The summed E-state index contributed by atoms with van der Waals surface area (Å²) >= 11 is 6.62. The standard InChI is InChI=1S/C27H16ClNO5S/c28-19-10-8-17(9-11-19)22(31)15-29-26(32)25(35-27(29)33)13-16-4-3-5-18(12-16)24-14-21(30)20-6-1-2-7-23(20)34-24/h1-14H,15H2/b25-13-. The highest BCUT2D eigenvalue weighted by molar-refractivity contribution is 8.18. The third kappa shape index (κ3) is 4.69. The smallest absolute Gasteiger partial charge is 0.293 e. The summed E-state index contributed by atoms with van der Waals surface area (Å²) in [4.78, 5) is 51.5. The second-order valence-corrected chi connectivity index (χ2v) is 9.22. The second-order valence-electron chi connectivity index (χ2n) is 7.79. The Labute approximate surface area is 208 Å². The van der Waals surface area contributed by atoms with Crippen LogP contribution in [0.5, 0.6) is 0 Å². The van der Waals surface area contributed by atoms with E-state index in [1.807, 2.05) is 0 Å². The molecule has 35 heavy (non-hydrogen) atoms. The number of rotatable bonds is 5. The molecule has 1 aliphatic rings. The van der Waals surface area contributed by atoms with Crippen LogP contribution in [0, 0.1) is 0 Å². The van der Waals surface area contributed by atoms with Crippen LogP contribution >= 0.6 is 23.4 Å². The number of thioether (sulfide) groups is 1. The normalized spacial score (nSPS) is 14.8. The molecule has 1 saturated heterocycles. The first-order chi connectivity index (χ1) is 16.9. The Kier molecular flexibility index (Phi) is 6.11. The van der Waals surface area contributed by atoms with E-state index in [4.69, 9.17) is 16.0 Å². The maximum absolute atomic E-state index is 12.9. The van der Waals surface area contributed by atoms with Gasteiger partial charge in [-0.25, -0.2) is 0 Å². The van der Waals surface area contributed by atoms with Gasteiger partial charge in [0.25, 0.3) is 11.1 Å². The number of hydrogen-bond donors (Lipinski definition) is 0. The molecule has 172 valence electrons. The van der Waals surface area contributed by atoms with E-state index in [9.17, 15) is 19.2 Å². The van der Waals surface area contributed by atoms with Gasteiger partial charge in [0.05, 0.1) is 16.8 Å². The van der Waals surface area contributed by atoms with Crippen LogP contribution in [-0.2, 0) is 4.79 Å². The predicted molar refractivity (Wildman–Crippen MR) is 136 cm³/mol. The minimum Gasteiger partial charge on any atom is -0.456 e. The van der Waals surface area contributed by atoms with Crippen LogP contribution in [0.2, 0.25) is 5.02 Å². The molecule has 0 N–H and O–H groups in total. The van der Waals surface area contributed by atoms with Crippen LogP contribution in [0.1, 0.15) is 15.9 Å². The molecular weight excluding hydrogens is 486 g/mol. The minimum absolute atomic E-state index is 0.154. The maximum Gasteiger partial charge on any atom is 0.293 e. The van der Waals surface area contributed by atoms with Crippen molar-refractivity contribution in [1.82, 2.24) is 4.90 Å². The quantitative estimate of drug-likeness (QED) is 0.245. The first kappa shape index (κ1) is 22.8. The van der Waals surface area contributed by atoms with Crippen molar-refractivity contribution in [3.8, 4) is 11.3 Å². The molecule has 0 atom stereocenters. The molecule has 3 aromatic carbocycles. The van der Waals surface area contributed by atoms with Crippen molar-refractivity contribution >= 4 is 57.3 Å². The van der Waals surface area contributed by atoms with Gasteiger partial charge in [0.15, 0.2) is 11.2 Å². The summed E-state index contributed by atoms with van der Waals surface area (Å²) in [5.41, 5.74) is 1.99. The minimum atomic E-state index is -0.537. The average Bonchev–Trinajstić information content (AvgIpc) is 3.12. The van der Waals surface area contributed by atoms with Gasteiger partial charge in [-0.2, -0.15) is 0 Å². The first-order valence-electron chi connectivity index (χ1n) is 10.6. The van der Waals surface area contributed by atoms with E-state index >= 15 is 0 Å². The number of Topliss-reactive ketones (excluding diaryl/α,β-unsaturated/α-hetero) is 1. The van der Waals surface area contributed by atoms with E-state index < -0.39 is 11.1 Å². The monoisotopic (exact) mass is 501 g/mol. The number of carbonyl (C=O) groups is 3. The lowest BCUT2D eigenvalue weighted by Crippen LogP contribution is -2.33. The number of halogens is 1. The Morgan fingerprint density at radius 1 is 0.943 bits per heavy atom. The topological polar surface area (TPSA) is 84.7 Å². The molecule has 1 aromatic heterocycles. The van der Waals surface area contributed by atoms with Crippen molar-refractivity contribution in [2.45, 2.75) is 0 Å². The van der Waals surface area contributed by atoms with Gasteiger partial charge in [0.2, 0.25) is 0 Å². The highest BCUT2D eigenvalue weighted by atomic mass is 35.5. The number of amides is 2. The summed E-state index contributed by atoms with van der Waals surface area (Å²) in [6, 6.07) is 21.8. The molecule has 0 aliphatic carbocycles. The first-order valence-corrected chi connectivity index (χ1v) is 11.8. The van der Waals surface area contributed by atoms with Gasteiger partial charge in [0.1, 0.15) is 11.3 Å². The molecule has 2 amide bonds. The molecule has 1 aliphatic heterocycles. The summed E-state index contributed by atoms with van der Waals surface area (Å²) in [5, 5.41) is 0.468. The van der Waals surface area contributed by atoms with Gasteiger partial charge in [0, 0.05) is 22.2 Å². The fourth-order valence-corrected chi connectivity index (χ4v) is 4.65. The molecule has 5 rings (SSSR count). The third-order valence-electron chi connectivity index (χ3n) is 5.45. The van der Waals surface area contributed by atoms with Crippen molar-refractivity contribution in [3.63, 3.8) is 0 Å². The van der Waals surface area contributed by atoms with E-state index in [2.05, 4.69) is 0 Å². The molecule has 1 fully saturated rings.